The Hall–Kier alpha value is -3.13. The highest BCUT2D eigenvalue weighted by molar-refractivity contribution is 9.10. The van der Waals surface area contributed by atoms with E-state index in [1.165, 1.54) is 0 Å². The number of rotatable bonds is 8. The zero-order chi connectivity index (χ0) is 22.4. The summed E-state index contributed by atoms with van der Waals surface area (Å²) in [7, 11) is 0. The summed E-state index contributed by atoms with van der Waals surface area (Å²) >= 11 is 3.39. The highest BCUT2D eigenvalue weighted by Crippen LogP contribution is 2.19. The number of carbonyl (C=O) groups excluding carboxylic acids is 2. The molecule has 0 spiro atoms. The van der Waals surface area contributed by atoms with Crippen molar-refractivity contribution in [3.63, 3.8) is 0 Å². The lowest BCUT2D eigenvalue weighted by atomic mass is 10.1. The molecule has 0 atom stereocenters. The summed E-state index contributed by atoms with van der Waals surface area (Å²) in [5.41, 5.74) is 1.69. The van der Waals surface area contributed by atoms with Crippen LogP contribution in [0, 0.1) is 0 Å². The first-order valence-corrected chi connectivity index (χ1v) is 10.7. The highest BCUT2D eigenvalue weighted by atomic mass is 79.9. The minimum absolute atomic E-state index is 0.0821. The minimum Gasteiger partial charge on any atom is -0.489 e. The van der Waals surface area contributed by atoms with Crippen LogP contribution in [-0.2, 0) is 17.9 Å². The monoisotopic (exact) mass is 485 g/mol. The molecule has 1 N–H and O–H groups in total. The normalized spacial score (nSPS) is 10.7. The first kappa shape index (κ1) is 22.6. The molecule has 0 radical (unpaired) electrons. The van der Waals surface area contributed by atoms with Crippen LogP contribution in [0.1, 0.15) is 47.2 Å². The van der Waals surface area contributed by atoms with Gasteiger partial charge in [-0.1, -0.05) is 28.1 Å². The van der Waals surface area contributed by atoms with Crippen LogP contribution in [-0.4, -0.2) is 27.8 Å². The van der Waals surface area contributed by atoms with Gasteiger partial charge in [0.1, 0.15) is 12.4 Å². The molecule has 1 heterocycles. The first-order valence-electron chi connectivity index (χ1n) is 9.92. The quantitative estimate of drug-likeness (QED) is 0.450. The Morgan fingerprint density at radius 1 is 1.16 bits per heavy atom. The molecule has 8 heteroatoms. The molecule has 7 nitrogen and oxygen atoms in total. The summed E-state index contributed by atoms with van der Waals surface area (Å²) in [6.07, 6.45) is 1.33. The van der Waals surface area contributed by atoms with Crippen LogP contribution < -0.4 is 10.1 Å². The predicted octanol–water partition coefficient (Wildman–Crippen LogP) is 5.06. The summed E-state index contributed by atoms with van der Waals surface area (Å²) in [5, 5.41) is 6.99. The van der Waals surface area contributed by atoms with Gasteiger partial charge in [0.25, 0.3) is 5.91 Å². The van der Waals surface area contributed by atoms with Gasteiger partial charge in [-0.2, -0.15) is 5.10 Å². The maximum Gasteiger partial charge on any atom is 0.361 e. The fourth-order valence-corrected chi connectivity index (χ4v) is 3.05. The summed E-state index contributed by atoms with van der Waals surface area (Å²) in [6, 6.07) is 14.7. The number of halogens is 1. The fraction of sp³-hybridized carbons (Fsp3) is 0.261. The van der Waals surface area contributed by atoms with Crippen LogP contribution in [0.25, 0.3) is 0 Å². The van der Waals surface area contributed by atoms with Gasteiger partial charge in [0, 0.05) is 22.8 Å². The number of carbonyl (C=O) groups is 2. The largest absolute Gasteiger partial charge is 0.489 e. The van der Waals surface area contributed by atoms with E-state index < -0.39 is 5.97 Å². The highest BCUT2D eigenvalue weighted by Gasteiger charge is 2.21. The zero-order valence-electron chi connectivity index (χ0n) is 17.6. The SMILES string of the molecule is CCn1cc(NC(=O)c2cccc(COc3ccc(Br)cc3)c2)c(C(=O)OC(C)C)n1. The third-order valence-electron chi connectivity index (χ3n) is 4.28. The van der Waals surface area contributed by atoms with Gasteiger partial charge in [-0.25, -0.2) is 4.79 Å². The molecule has 0 fully saturated rings. The fourth-order valence-electron chi connectivity index (χ4n) is 2.79. The van der Waals surface area contributed by atoms with E-state index in [1.54, 1.807) is 42.9 Å². The van der Waals surface area contributed by atoms with E-state index in [4.69, 9.17) is 9.47 Å². The molecule has 0 aliphatic carbocycles. The number of benzene rings is 2. The predicted molar refractivity (Wildman–Crippen MR) is 121 cm³/mol. The van der Waals surface area contributed by atoms with Crippen molar-refractivity contribution in [1.29, 1.82) is 0 Å². The van der Waals surface area contributed by atoms with Crippen molar-refractivity contribution in [2.24, 2.45) is 0 Å². The Kier molecular flexibility index (Phi) is 7.46. The van der Waals surface area contributed by atoms with Crippen molar-refractivity contribution < 1.29 is 19.1 Å². The molecular formula is C23H24BrN3O4. The number of nitrogens with one attached hydrogen (secondary N) is 1. The van der Waals surface area contributed by atoms with Gasteiger partial charge in [-0.3, -0.25) is 9.48 Å². The molecule has 0 aliphatic rings. The van der Waals surface area contributed by atoms with Crippen LogP contribution >= 0.6 is 15.9 Å². The Balaban J connectivity index is 1.72. The van der Waals surface area contributed by atoms with E-state index in [-0.39, 0.29) is 17.7 Å². The molecule has 3 aromatic rings. The van der Waals surface area contributed by atoms with E-state index in [0.29, 0.717) is 24.4 Å². The molecule has 2 aromatic carbocycles. The molecule has 0 saturated carbocycles. The molecule has 3 rings (SSSR count). The van der Waals surface area contributed by atoms with E-state index in [0.717, 1.165) is 15.8 Å². The van der Waals surface area contributed by atoms with Crippen LogP contribution in [0.3, 0.4) is 0 Å². The first-order chi connectivity index (χ1) is 14.9. The number of hydrogen-bond acceptors (Lipinski definition) is 5. The number of esters is 1. The second-order valence-electron chi connectivity index (χ2n) is 7.10. The molecular weight excluding hydrogens is 462 g/mol. The minimum atomic E-state index is -0.575. The van der Waals surface area contributed by atoms with E-state index >= 15 is 0 Å². The number of hydrogen-bond donors (Lipinski definition) is 1. The molecule has 0 bridgehead atoms. The number of nitrogens with zero attached hydrogens (tertiary/aromatic N) is 2. The van der Waals surface area contributed by atoms with Gasteiger partial charge in [0.15, 0.2) is 5.69 Å². The van der Waals surface area contributed by atoms with Gasteiger partial charge in [0.05, 0.1) is 11.8 Å². The van der Waals surface area contributed by atoms with E-state index in [2.05, 4.69) is 26.3 Å². The van der Waals surface area contributed by atoms with Crippen LogP contribution in [0.15, 0.2) is 59.2 Å². The zero-order valence-corrected chi connectivity index (χ0v) is 19.2. The Morgan fingerprint density at radius 2 is 1.90 bits per heavy atom. The van der Waals surface area contributed by atoms with Crippen molar-refractivity contribution in [1.82, 2.24) is 9.78 Å². The summed E-state index contributed by atoms with van der Waals surface area (Å²) in [4.78, 5) is 25.2. The standard InChI is InChI=1S/C23H24BrN3O4/c1-4-27-13-20(21(26-27)23(29)31-15(2)3)25-22(28)17-7-5-6-16(12-17)14-30-19-10-8-18(24)9-11-19/h5-13,15H,4,14H2,1-3H3,(H,25,28). The third-order valence-corrected chi connectivity index (χ3v) is 4.81. The average molecular weight is 486 g/mol. The van der Waals surface area contributed by atoms with Gasteiger partial charge >= 0.3 is 5.97 Å². The average Bonchev–Trinajstić information content (AvgIpc) is 3.16. The summed E-state index contributed by atoms with van der Waals surface area (Å²) in [6.45, 7) is 6.29. The maximum absolute atomic E-state index is 12.8. The van der Waals surface area contributed by atoms with Gasteiger partial charge in [0.2, 0.25) is 0 Å². The molecule has 162 valence electrons. The van der Waals surface area contributed by atoms with Crippen molar-refractivity contribution in [2.75, 3.05) is 5.32 Å². The number of aromatic nitrogens is 2. The van der Waals surface area contributed by atoms with Gasteiger partial charge in [-0.05, 0) is 62.7 Å². The van der Waals surface area contributed by atoms with Crippen molar-refractivity contribution in [2.45, 2.75) is 40.0 Å². The lowest BCUT2D eigenvalue weighted by Crippen LogP contribution is -2.17. The van der Waals surface area contributed by atoms with Crippen LogP contribution in [0.2, 0.25) is 0 Å². The molecule has 0 aliphatic heterocycles. The van der Waals surface area contributed by atoms with Crippen molar-refractivity contribution >= 4 is 33.5 Å². The molecule has 0 saturated heterocycles. The summed E-state index contributed by atoms with van der Waals surface area (Å²) < 4.78 is 13.6. The van der Waals surface area contributed by atoms with Crippen LogP contribution in [0.4, 0.5) is 5.69 Å². The summed E-state index contributed by atoms with van der Waals surface area (Å²) in [5.74, 6) is -0.188. The van der Waals surface area contributed by atoms with Crippen molar-refractivity contribution in [3.8, 4) is 5.75 Å². The Bertz CT molecular complexity index is 1060. The topological polar surface area (TPSA) is 82.5 Å². The number of aryl methyl sites for hydroxylation is 1. The number of anilines is 1. The molecule has 0 unspecified atom stereocenters. The smallest absolute Gasteiger partial charge is 0.361 e. The Labute approximate surface area is 189 Å². The van der Waals surface area contributed by atoms with Crippen LogP contribution in [0.5, 0.6) is 5.75 Å². The maximum atomic E-state index is 12.8. The number of ether oxygens (including phenoxy) is 2. The Morgan fingerprint density at radius 3 is 2.58 bits per heavy atom. The second kappa shape index (κ2) is 10.3. The molecule has 31 heavy (non-hydrogen) atoms. The lowest BCUT2D eigenvalue weighted by molar-refractivity contribution is 0.0371. The second-order valence-corrected chi connectivity index (χ2v) is 8.01. The van der Waals surface area contributed by atoms with Gasteiger partial charge in [-0.15, -0.1) is 0 Å². The lowest BCUT2D eigenvalue weighted by Gasteiger charge is -2.10. The third kappa shape index (κ3) is 6.18. The van der Waals surface area contributed by atoms with Crippen molar-refractivity contribution in [3.05, 3.63) is 76.0 Å². The van der Waals surface area contributed by atoms with E-state index in [9.17, 15) is 9.59 Å². The number of amides is 1. The van der Waals surface area contributed by atoms with E-state index in [1.807, 2.05) is 37.3 Å². The molecule has 1 aromatic heterocycles. The van der Waals surface area contributed by atoms with Gasteiger partial charge < -0.3 is 14.8 Å². The molecule has 1 amide bonds.